The summed E-state index contributed by atoms with van der Waals surface area (Å²) in [6, 6.07) is 11.6. The molecular formula is C20H19FN2O5S. The highest BCUT2D eigenvalue weighted by Crippen LogP contribution is 2.23. The second kappa shape index (κ2) is 7.57. The Morgan fingerprint density at radius 1 is 1.00 bits per heavy atom. The lowest BCUT2D eigenvalue weighted by Gasteiger charge is -2.36. The molecule has 152 valence electrons. The van der Waals surface area contributed by atoms with Gasteiger partial charge in [0, 0.05) is 32.6 Å². The van der Waals surface area contributed by atoms with Crippen LogP contribution in [0.4, 0.5) is 4.39 Å². The van der Waals surface area contributed by atoms with Gasteiger partial charge in [-0.05, 0) is 35.9 Å². The largest absolute Gasteiger partial charge is 0.448 e. The summed E-state index contributed by atoms with van der Waals surface area (Å²) >= 11 is 0. The molecule has 0 aliphatic carbocycles. The molecule has 4 rings (SSSR count). The van der Waals surface area contributed by atoms with E-state index in [0.29, 0.717) is 12.0 Å². The Bertz CT molecular complexity index is 1050. The van der Waals surface area contributed by atoms with Gasteiger partial charge in [0.1, 0.15) is 5.82 Å². The number of carbonyl (C=O) groups excluding carboxylic acids is 2. The number of esters is 1. The fourth-order valence-corrected chi connectivity index (χ4v) is 5.00. The first-order valence-corrected chi connectivity index (χ1v) is 10.6. The maximum absolute atomic E-state index is 13.1. The molecule has 1 atom stereocenters. The van der Waals surface area contributed by atoms with Crippen LogP contribution >= 0.6 is 0 Å². The van der Waals surface area contributed by atoms with E-state index < -0.39 is 27.9 Å². The second-order valence-electron chi connectivity index (χ2n) is 6.94. The summed E-state index contributed by atoms with van der Waals surface area (Å²) in [5.74, 6) is -1.36. The van der Waals surface area contributed by atoms with Gasteiger partial charge in [-0.25, -0.2) is 17.6 Å². The van der Waals surface area contributed by atoms with Crippen molar-refractivity contribution in [1.29, 1.82) is 0 Å². The Balaban J connectivity index is 1.41. The zero-order valence-corrected chi connectivity index (χ0v) is 16.3. The van der Waals surface area contributed by atoms with E-state index in [-0.39, 0.29) is 37.0 Å². The number of amides is 1. The molecule has 0 bridgehead atoms. The highest BCUT2D eigenvalue weighted by atomic mass is 32.2. The molecule has 0 saturated carbocycles. The highest BCUT2D eigenvalue weighted by Gasteiger charge is 2.36. The lowest BCUT2D eigenvalue weighted by molar-refractivity contribution is -0.142. The van der Waals surface area contributed by atoms with Gasteiger partial charge in [0.05, 0.1) is 10.5 Å². The first-order chi connectivity index (χ1) is 13.9. The van der Waals surface area contributed by atoms with Gasteiger partial charge in [0.2, 0.25) is 10.0 Å². The van der Waals surface area contributed by atoms with Crippen LogP contribution in [0.3, 0.4) is 0 Å². The van der Waals surface area contributed by atoms with Gasteiger partial charge in [0.15, 0.2) is 6.10 Å². The number of halogens is 1. The number of hydrogen-bond acceptors (Lipinski definition) is 5. The zero-order chi connectivity index (χ0) is 20.6. The molecule has 1 saturated heterocycles. The van der Waals surface area contributed by atoms with E-state index in [0.717, 1.165) is 17.7 Å². The van der Waals surface area contributed by atoms with Crippen molar-refractivity contribution in [3.63, 3.8) is 0 Å². The van der Waals surface area contributed by atoms with Crippen LogP contribution in [-0.4, -0.2) is 61.8 Å². The molecule has 0 spiro atoms. The van der Waals surface area contributed by atoms with Crippen molar-refractivity contribution in [1.82, 2.24) is 9.21 Å². The summed E-state index contributed by atoms with van der Waals surface area (Å²) in [5, 5.41) is 0. The van der Waals surface area contributed by atoms with Gasteiger partial charge >= 0.3 is 5.97 Å². The fraction of sp³-hybridized carbons (Fsp3) is 0.300. The lowest BCUT2D eigenvalue weighted by Crippen LogP contribution is -2.54. The highest BCUT2D eigenvalue weighted by molar-refractivity contribution is 7.89. The third-order valence-corrected chi connectivity index (χ3v) is 7.08. The number of piperazine rings is 1. The molecule has 2 aliphatic rings. The van der Waals surface area contributed by atoms with Gasteiger partial charge in [-0.3, -0.25) is 4.79 Å². The van der Waals surface area contributed by atoms with Crippen LogP contribution in [0.1, 0.15) is 15.9 Å². The predicted molar refractivity (Wildman–Crippen MR) is 101 cm³/mol. The van der Waals surface area contributed by atoms with Crippen LogP contribution < -0.4 is 0 Å². The van der Waals surface area contributed by atoms with E-state index in [2.05, 4.69) is 0 Å². The van der Waals surface area contributed by atoms with E-state index in [4.69, 9.17) is 4.74 Å². The third-order valence-electron chi connectivity index (χ3n) is 5.17. The Kier molecular flexibility index (Phi) is 5.10. The van der Waals surface area contributed by atoms with Gasteiger partial charge in [-0.15, -0.1) is 0 Å². The summed E-state index contributed by atoms with van der Waals surface area (Å²) < 4.78 is 45.0. The average molecular weight is 418 g/mol. The molecule has 2 aromatic rings. The van der Waals surface area contributed by atoms with Crippen molar-refractivity contribution >= 4 is 21.9 Å². The zero-order valence-electron chi connectivity index (χ0n) is 15.5. The summed E-state index contributed by atoms with van der Waals surface area (Å²) in [4.78, 5) is 26.5. The van der Waals surface area contributed by atoms with E-state index >= 15 is 0 Å². The van der Waals surface area contributed by atoms with Crippen LogP contribution in [0, 0.1) is 5.82 Å². The summed E-state index contributed by atoms with van der Waals surface area (Å²) in [6.45, 7) is 0.606. The molecule has 0 unspecified atom stereocenters. The number of sulfonamides is 1. The summed E-state index contributed by atoms with van der Waals surface area (Å²) in [5.41, 5.74) is 1.23. The van der Waals surface area contributed by atoms with Crippen LogP contribution in [0.5, 0.6) is 0 Å². The van der Waals surface area contributed by atoms with Crippen molar-refractivity contribution in [3.8, 4) is 0 Å². The van der Waals surface area contributed by atoms with Crippen molar-refractivity contribution in [2.45, 2.75) is 17.4 Å². The monoisotopic (exact) mass is 418 g/mol. The van der Waals surface area contributed by atoms with E-state index in [1.807, 2.05) is 0 Å². The van der Waals surface area contributed by atoms with Gasteiger partial charge < -0.3 is 9.64 Å². The van der Waals surface area contributed by atoms with Crippen molar-refractivity contribution in [2.24, 2.45) is 0 Å². The van der Waals surface area contributed by atoms with Crippen molar-refractivity contribution in [2.75, 3.05) is 26.2 Å². The second-order valence-corrected chi connectivity index (χ2v) is 8.88. The van der Waals surface area contributed by atoms with Gasteiger partial charge in [0.25, 0.3) is 5.91 Å². The average Bonchev–Trinajstić information content (AvgIpc) is 2.73. The first-order valence-electron chi connectivity index (χ1n) is 9.19. The van der Waals surface area contributed by atoms with E-state index in [9.17, 15) is 22.4 Å². The lowest BCUT2D eigenvalue weighted by atomic mass is 9.98. The third kappa shape index (κ3) is 3.75. The Hall–Kier alpha value is -2.78. The number of benzene rings is 2. The molecule has 1 fully saturated rings. The fourth-order valence-electron chi connectivity index (χ4n) is 3.58. The quantitative estimate of drug-likeness (QED) is 0.705. The first kappa shape index (κ1) is 19.5. The number of carbonyl (C=O) groups is 2. The smallest absolute Gasteiger partial charge is 0.339 e. The standard InChI is InChI=1S/C20H19FN2O5S/c21-15-5-7-16(8-6-15)29(26,27)23-11-9-22(10-12-23)19(24)18-13-14-3-1-2-4-17(14)20(25)28-18/h1-8,18H,9-13H2/t18-/m1/s1. The maximum Gasteiger partial charge on any atom is 0.339 e. The number of rotatable bonds is 3. The van der Waals surface area contributed by atoms with Crippen LogP contribution in [0.2, 0.25) is 0 Å². The minimum absolute atomic E-state index is 0.0106. The molecule has 9 heteroatoms. The Labute approximate surface area is 167 Å². The number of cyclic esters (lactones) is 1. The Morgan fingerprint density at radius 2 is 1.66 bits per heavy atom. The van der Waals surface area contributed by atoms with Crippen LogP contribution in [0.15, 0.2) is 53.4 Å². The molecule has 29 heavy (non-hydrogen) atoms. The van der Waals surface area contributed by atoms with Crippen LogP contribution in [-0.2, 0) is 26.0 Å². The molecule has 2 aliphatic heterocycles. The van der Waals surface area contributed by atoms with Crippen molar-refractivity contribution in [3.05, 3.63) is 65.5 Å². The maximum atomic E-state index is 13.1. The predicted octanol–water partition coefficient (Wildman–Crippen LogP) is 1.44. The van der Waals surface area contributed by atoms with Crippen LogP contribution in [0.25, 0.3) is 0 Å². The molecule has 7 nitrogen and oxygen atoms in total. The SMILES string of the molecule is O=C1O[C@@H](C(=O)N2CCN(S(=O)(=O)c3ccc(F)cc3)CC2)Cc2ccccc21. The molecule has 0 N–H and O–H groups in total. The van der Waals surface area contributed by atoms with E-state index in [1.165, 1.54) is 21.3 Å². The number of nitrogens with zero attached hydrogens (tertiary/aromatic N) is 2. The number of hydrogen-bond donors (Lipinski definition) is 0. The van der Waals surface area contributed by atoms with Gasteiger partial charge in [-0.1, -0.05) is 18.2 Å². The normalized spacial score (nSPS) is 20.1. The molecule has 2 heterocycles. The molecule has 0 radical (unpaired) electrons. The van der Waals surface area contributed by atoms with Crippen molar-refractivity contribution < 1.29 is 27.1 Å². The summed E-state index contributed by atoms with van der Waals surface area (Å²) in [6.07, 6.45) is -0.605. The minimum atomic E-state index is -3.76. The molecule has 1 amide bonds. The summed E-state index contributed by atoms with van der Waals surface area (Å²) in [7, 11) is -3.76. The molecule has 2 aromatic carbocycles. The number of ether oxygens (including phenoxy) is 1. The topological polar surface area (TPSA) is 84.0 Å². The van der Waals surface area contributed by atoms with E-state index in [1.54, 1.807) is 24.3 Å². The molecule has 0 aromatic heterocycles. The number of fused-ring (bicyclic) bond motifs is 1. The minimum Gasteiger partial charge on any atom is -0.448 e. The molecular weight excluding hydrogens is 399 g/mol. The van der Waals surface area contributed by atoms with Gasteiger partial charge in [-0.2, -0.15) is 4.31 Å². The Morgan fingerprint density at radius 3 is 2.34 bits per heavy atom.